The summed E-state index contributed by atoms with van der Waals surface area (Å²) >= 11 is 1.74. The largest absolute Gasteiger partial charge is 0.278 e. The van der Waals surface area contributed by atoms with Gasteiger partial charge in [0.1, 0.15) is 0 Å². The minimum Gasteiger partial charge on any atom is -0.278 e. The number of benzene rings is 5. The summed E-state index contributed by atoms with van der Waals surface area (Å²) in [6.45, 7) is 4.45. The van der Waals surface area contributed by atoms with Crippen LogP contribution in [-0.4, -0.2) is 19.5 Å². The molecule has 0 bridgehead atoms. The zero-order valence-electron chi connectivity index (χ0n) is 24.2. The fourth-order valence-corrected chi connectivity index (χ4v) is 8.05. The molecule has 0 aliphatic heterocycles. The van der Waals surface area contributed by atoms with Crippen molar-refractivity contribution in [2.75, 3.05) is 0 Å². The van der Waals surface area contributed by atoms with Gasteiger partial charge in [-0.3, -0.25) is 9.55 Å². The third-order valence-electron chi connectivity index (χ3n) is 8.83. The molecule has 0 N–H and O–H groups in total. The van der Waals surface area contributed by atoms with Gasteiger partial charge in [0, 0.05) is 38.8 Å². The molecule has 9 aromatic rings. The quantitative estimate of drug-likeness (QED) is 0.208. The van der Waals surface area contributed by atoms with Gasteiger partial charge < -0.3 is 0 Å². The Kier molecular flexibility index (Phi) is 5.46. The van der Waals surface area contributed by atoms with Crippen molar-refractivity contribution in [3.8, 4) is 28.3 Å². The molecule has 0 saturated carbocycles. The summed E-state index contributed by atoms with van der Waals surface area (Å²) in [5, 5.41) is 6.05. The van der Waals surface area contributed by atoms with Crippen molar-refractivity contribution >= 4 is 64.2 Å². The van der Waals surface area contributed by atoms with Crippen molar-refractivity contribution in [1.82, 2.24) is 19.5 Å². The Hall–Kier alpha value is -5.39. The molecular formula is C39H26N4S. The lowest BCUT2D eigenvalue weighted by Crippen LogP contribution is -2.04. The highest BCUT2D eigenvalue weighted by atomic mass is 32.1. The van der Waals surface area contributed by atoms with E-state index in [1.165, 1.54) is 48.5 Å². The predicted molar refractivity (Wildman–Crippen MR) is 185 cm³/mol. The van der Waals surface area contributed by atoms with Gasteiger partial charge in [0.05, 0.1) is 26.9 Å². The number of hydrogen-bond donors (Lipinski definition) is 0. The molecule has 4 nitrogen and oxygen atoms in total. The van der Waals surface area contributed by atoms with Crippen molar-refractivity contribution in [2.24, 2.45) is 0 Å². The minimum absolute atomic E-state index is 0.667. The van der Waals surface area contributed by atoms with Crippen molar-refractivity contribution in [1.29, 1.82) is 0 Å². The molecule has 5 aromatic carbocycles. The van der Waals surface area contributed by atoms with E-state index in [2.05, 4.69) is 127 Å². The van der Waals surface area contributed by atoms with E-state index in [-0.39, 0.29) is 0 Å². The molecule has 0 radical (unpaired) electrons. The van der Waals surface area contributed by atoms with Crippen LogP contribution in [0.4, 0.5) is 0 Å². The lowest BCUT2D eigenvalue weighted by molar-refractivity contribution is 1.01. The Morgan fingerprint density at radius 3 is 2.20 bits per heavy atom. The summed E-state index contributed by atoms with van der Waals surface area (Å²) in [7, 11) is 0. The summed E-state index contributed by atoms with van der Waals surface area (Å²) in [4.78, 5) is 15.2. The van der Waals surface area contributed by atoms with Crippen LogP contribution in [0.3, 0.4) is 0 Å². The second kappa shape index (κ2) is 9.56. The van der Waals surface area contributed by atoms with E-state index >= 15 is 0 Å². The molecule has 0 spiro atoms. The third kappa shape index (κ3) is 3.53. The summed E-state index contributed by atoms with van der Waals surface area (Å²) in [6.07, 6.45) is 3.71. The Labute approximate surface area is 257 Å². The fourth-order valence-electron chi connectivity index (χ4n) is 6.89. The van der Waals surface area contributed by atoms with Crippen LogP contribution in [0.15, 0.2) is 122 Å². The average molecular weight is 583 g/mol. The van der Waals surface area contributed by atoms with Crippen LogP contribution in [0.2, 0.25) is 0 Å². The number of rotatable bonds is 3. The molecule has 5 heteroatoms. The van der Waals surface area contributed by atoms with E-state index in [0.717, 1.165) is 37.9 Å². The van der Waals surface area contributed by atoms with E-state index in [9.17, 15) is 0 Å². The predicted octanol–water partition coefficient (Wildman–Crippen LogP) is 10.4. The summed E-state index contributed by atoms with van der Waals surface area (Å²) < 4.78 is 4.57. The Morgan fingerprint density at radius 2 is 1.39 bits per heavy atom. The van der Waals surface area contributed by atoms with E-state index < -0.39 is 0 Å². The molecule has 0 amide bonds. The van der Waals surface area contributed by atoms with E-state index in [0.29, 0.717) is 5.95 Å². The standard InChI is InChI=1S/C39H26N4S/c1-23-12-3-4-14-26(23)33-24(2)37-34(28-16-6-5-15-27(28)33)29-17-7-9-19-31(29)43(37)39-41-35(25-13-11-21-40-22-25)38-36(42-39)30-18-8-10-20-32(30)44-38/h3-22H,1-2H3. The normalized spacial score (nSPS) is 11.9. The highest BCUT2D eigenvalue weighted by Gasteiger charge is 2.24. The van der Waals surface area contributed by atoms with Gasteiger partial charge in [-0.15, -0.1) is 11.3 Å². The first-order chi connectivity index (χ1) is 21.7. The van der Waals surface area contributed by atoms with Crippen LogP contribution < -0.4 is 0 Å². The number of fused-ring (bicyclic) bond motifs is 8. The lowest BCUT2D eigenvalue weighted by atomic mass is 9.89. The van der Waals surface area contributed by atoms with Gasteiger partial charge in [0.2, 0.25) is 5.95 Å². The van der Waals surface area contributed by atoms with E-state index in [4.69, 9.17) is 9.97 Å². The van der Waals surface area contributed by atoms with Crippen molar-refractivity contribution in [3.05, 3.63) is 133 Å². The van der Waals surface area contributed by atoms with Crippen LogP contribution in [0.25, 0.3) is 81.2 Å². The maximum Gasteiger partial charge on any atom is 0.235 e. The van der Waals surface area contributed by atoms with Gasteiger partial charge in [-0.1, -0.05) is 84.9 Å². The zero-order valence-corrected chi connectivity index (χ0v) is 25.1. The third-order valence-corrected chi connectivity index (χ3v) is 9.99. The zero-order chi connectivity index (χ0) is 29.4. The molecule has 4 heterocycles. The van der Waals surface area contributed by atoms with Gasteiger partial charge in [0.25, 0.3) is 0 Å². The van der Waals surface area contributed by atoms with Crippen LogP contribution in [0.1, 0.15) is 11.1 Å². The number of pyridine rings is 1. The first-order valence-corrected chi connectivity index (χ1v) is 15.6. The first kappa shape index (κ1) is 25.1. The van der Waals surface area contributed by atoms with Crippen LogP contribution >= 0.6 is 11.3 Å². The Balaban J connectivity index is 1.50. The van der Waals surface area contributed by atoms with Gasteiger partial charge >= 0.3 is 0 Å². The van der Waals surface area contributed by atoms with E-state index in [1.54, 1.807) is 11.3 Å². The molecule has 44 heavy (non-hydrogen) atoms. The highest BCUT2D eigenvalue weighted by Crippen LogP contribution is 2.45. The number of hydrogen-bond acceptors (Lipinski definition) is 4. The smallest absolute Gasteiger partial charge is 0.235 e. The highest BCUT2D eigenvalue weighted by molar-refractivity contribution is 7.26. The van der Waals surface area contributed by atoms with E-state index in [1.807, 2.05) is 18.5 Å². The van der Waals surface area contributed by atoms with Gasteiger partial charge in [-0.25, -0.2) is 9.97 Å². The van der Waals surface area contributed by atoms with Gasteiger partial charge in [-0.2, -0.15) is 0 Å². The monoisotopic (exact) mass is 582 g/mol. The van der Waals surface area contributed by atoms with Crippen molar-refractivity contribution in [2.45, 2.75) is 13.8 Å². The Bertz CT molecular complexity index is 2580. The van der Waals surface area contributed by atoms with Crippen molar-refractivity contribution in [3.63, 3.8) is 0 Å². The number of thiophene rings is 1. The molecule has 0 atom stereocenters. The molecule has 0 unspecified atom stereocenters. The second-order valence-electron chi connectivity index (χ2n) is 11.3. The fraction of sp³-hybridized carbons (Fsp3) is 0.0513. The molecule has 0 fully saturated rings. The summed E-state index contributed by atoms with van der Waals surface area (Å²) in [5.41, 5.74) is 10.1. The number of aromatic nitrogens is 4. The molecule has 0 aliphatic rings. The second-order valence-corrected chi connectivity index (χ2v) is 12.4. The number of nitrogens with zero attached hydrogens (tertiary/aromatic N) is 4. The Morgan fingerprint density at radius 1 is 0.659 bits per heavy atom. The maximum atomic E-state index is 5.38. The van der Waals surface area contributed by atoms with Gasteiger partial charge in [-0.05, 0) is 71.1 Å². The molecular weight excluding hydrogens is 557 g/mol. The SMILES string of the molecule is Cc1ccccc1-c1c(C)c2c(c3ccccc13)c1ccccc1n2-c1nc(-c2cccnc2)c2sc3ccccc3c2n1. The molecule has 4 aromatic heterocycles. The number of para-hydroxylation sites is 1. The topological polar surface area (TPSA) is 43.6 Å². The van der Waals surface area contributed by atoms with Gasteiger partial charge in [0.15, 0.2) is 0 Å². The first-order valence-electron chi connectivity index (χ1n) is 14.8. The molecule has 0 aliphatic carbocycles. The summed E-state index contributed by atoms with van der Waals surface area (Å²) in [5.74, 6) is 0.667. The maximum absolute atomic E-state index is 5.38. The van der Waals surface area contributed by atoms with Crippen LogP contribution in [0, 0.1) is 13.8 Å². The van der Waals surface area contributed by atoms with Crippen LogP contribution in [-0.2, 0) is 0 Å². The molecule has 9 rings (SSSR count). The number of aryl methyl sites for hydroxylation is 2. The molecule has 208 valence electrons. The lowest BCUT2D eigenvalue weighted by Gasteiger charge is -2.17. The average Bonchev–Trinajstić information content (AvgIpc) is 3.62. The minimum atomic E-state index is 0.667. The molecule has 0 saturated heterocycles. The summed E-state index contributed by atoms with van der Waals surface area (Å²) in [6, 6.07) is 38.7. The van der Waals surface area contributed by atoms with Crippen LogP contribution in [0.5, 0.6) is 0 Å². The van der Waals surface area contributed by atoms with Crippen molar-refractivity contribution < 1.29 is 0 Å².